The van der Waals surface area contributed by atoms with Crippen LogP contribution in [0.3, 0.4) is 0 Å². The smallest absolute Gasteiger partial charge is 0.328 e. The van der Waals surface area contributed by atoms with Crippen LogP contribution in [0, 0.1) is 5.92 Å². The Labute approximate surface area is 116 Å². The highest BCUT2D eigenvalue weighted by Crippen LogP contribution is 2.47. The maximum absolute atomic E-state index is 12.0. The molecule has 1 saturated carbocycles. The van der Waals surface area contributed by atoms with Crippen LogP contribution in [0.15, 0.2) is 21.9 Å². The second-order valence-corrected chi connectivity index (χ2v) is 6.05. The number of hydrogen-bond acceptors (Lipinski definition) is 4. The summed E-state index contributed by atoms with van der Waals surface area (Å²) in [6.45, 7) is 5.91. The molecule has 0 radical (unpaired) electrons. The van der Waals surface area contributed by atoms with Crippen LogP contribution in [0.4, 0.5) is 0 Å². The summed E-state index contributed by atoms with van der Waals surface area (Å²) in [6.07, 6.45) is 3.23. The SMILES string of the molecule is CC[C@H]1C[C@@H](n2ccc(=O)[nH]c2=O)C2OC(C)(C)O[C@H]21. The molecule has 0 amide bonds. The van der Waals surface area contributed by atoms with Gasteiger partial charge >= 0.3 is 5.69 Å². The molecule has 2 fully saturated rings. The van der Waals surface area contributed by atoms with Gasteiger partial charge in [0, 0.05) is 12.3 Å². The lowest BCUT2D eigenvalue weighted by atomic mass is 10.0. The zero-order chi connectivity index (χ0) is 14.5. The molecule has 2 heterocycles. The number of aromatic nitrogens is 2. The summed E-state index contributed by atoms with van der Waals surface area (Å²) in [5.41, 5.74) is -0.761. The third-order valence-corrected chi connectivity index (χ3v) is 4.28. The lowest BCUT2D eigenvalue weighted by molar-refractivity contribution is -0.160. The Morgan fingerprint density at radius 2 is 2.05 bits per heavy atom. The molecule has 0 aromatic carbocycles. The second-order valence-electron chi connectivity index (χ2n) is 6.05. The van der Waals surface area contributed by atoms with Crippen LogP contribution < -0.4 is 11.2 Å². The van der Waals surface area contributed by atoms with E-state index in [1.165, 1.54) is 6.07 Å². The minimum atomic E-state index is -0.618. The molecule has 1 aliphatic heterocycles. The fraction of sp³-hybridized carbons (Fsp3) is 0.714. The van der Waals surface area contributed by atoms with Crippen molar-refractivity contribution in [3.63, 3.8) is 0 Å². The van der Waals surface area contributed by atoms with Gasteiger partial charge in [0.1, 0.15) is 6.10 Å². The van der Waals surface area contributed by atoms with Crippen molar-refractivity contribution in [2.75, 3.05) is 0 Å². The first-order valence-electron chi connectivity index (χ1n) is 7.08. The lowest BCUT2D eigenvalue weighted by Gasteiger charge is -2.24. The van der Waals surface area contributed by atoms with E-state index in [0.29, 0.717) is 5.92 Å². The number of hydrogen-bond donors (Lipinski definition) is 1. The maximum Gasteiger partial charge on any atom is 0.328 e. The third-order valence-electron chi connectivity index (χ3n) is 4.28. The molecule has 1 aromatic heterocycles. The number of H-pyrrole nitrogens is 1. The number of nitrogens with one attached hydrogen (secondary N) is 1. The number of rotatable bonds is 2. The van der Waals surface area contributed by atoms with Crippen LogP contribution in [0.5, 0.6) is 0 Å². The average molecular weight is 280 g/mol. The fourth-order valence-corrected chi connectivity index (χ4v) is 3.42. The fourth-order valence-electron chi connectivity index (χ4n) is 3.42. The zero-order valence-corrected chi connectivity index (χ0v) is 12.0. The summed E-state index contributed by atoms with van der Waals surface area (Å²) in [4.78, 5) is 25.5. The van der Waals surface area contributed by atoms with Crippen molar-refractivity contribution in [1.82, 2.24) is 9.55 Å². The first kappa shape index (κ1) is 13.6. The van der Waals surface area contributed by atoms with Crippen LogP contribution in [-0.2, 0) is 9.47 Å². The van der Waals surface area contributed by atoms with Crippen molar-refractivity contribution in [3.8, 4) is 0 Å². The molecule has 1 saturated heterocycles. The highest BCUT2D eigenvalue weighted by Gasteiger charge is 2.54. The number of nitrogens with zero attached hydrogens (tertiary/aromatic N) is 1. The van der Waals surface area contributed by atoms with Gasteiger partial charge in [0.15, 0.2) is 5.79 Å². The number of fused-ring (bicyclic) bond motifs is 1. The van der Waals surface area contributed by atoms with Gasteiger partial charge in [-0.1, -0.05) is 13.3 Å². The Kier molecular flexibility index (Phi) is 3.10. The normalized spacial score (nSPS) is 35.1. The van der Waals surface area contributed by atoms with Crippen LogP contribution in [0.25, 0.3) is 0 Å². The molecule has 110 valence electrons. The zero-order valence-electron chi connectivity index (χ0n) is 12.0. The summed E-state index contributed by atoms with van der Waals surface area (Å²) < 4.78 is 13.5. The van der Waals surface area contributed by atoms with E-state index in [9.17, 15) is 9.59 Å². The quantitative estimate of drug-likeness (QED) is 0.878. The van der Waals surface area contributed by atoms with E-state index in [4.69, 9.17) is 9.47 Å². The molecule has 4 atom stereocenters. The molecule has 1 unspecified atom stereocenters. The van der Waals surface area contributed by atoms with E-state index < -0.39 is 5.79 Å². The highest BCUT2D eigenvalue weighted by atomic mass is 16.8. The summed E-state index contributed by atoms with van der Waals surface area (Å²) in [6, 6.07) is 1.28. The third kappa shape index (κ3) is 2.13. The first-order valence-corrected chi connectivity index (χ1v) is 7.08. The molecular formula is C14H20N2O4. The van der Waals surface area contributed by atoms with Crippen molar-refractivity contribution < 1.29 is 9.47 Å². The second kappa shape index (κ2) is 4.56. The van der Waals surface area contributed by atoms with Gasteiger partial charge < -0.3 is 9.47 Å². The molecule has 2 aliphatic rings. The molecule has 0 spiro atoms. The van der Waals surface area contributed by atoms with Gasteiger partial charge in [-0.15, -0.1) is 0 Å². The molecule has 6 heteroatoms. The van der Waals surface area contributed by atoms with Gasteiger partial charge in [-0.2, -0.15) is 0 Å². The van der Waals surface area contributed by atoms with Gasteiger partial charge in [-0.25, -0.2) is 4.79 Å². The largest absolute Gasteiger partial charge is 0.344 e. The predicted molar refractivity (Wildman–Crippen MR) is 72.6 cm³/mol. The van der Waals surface area contributed by atoms with Gasteiger partial charge in [0.25, 0.3) is 5.56 Å². The van der Waals surface area contributed by atoms with E-state index in [2.05, 4.69) is 11.9 Å². The van der Waals surface area contributed by atoms with E-state index in [1.54, 1.807) is 10.8 Å². The van der Waals surface area contributed by atoms with Gasteiger partial charge in [-0.05, 0) is 26.2 Å². The molecule has 6 nitrogen and oxygen atoms in total. The van der Waals surface area contributed by atoms with Gasteiger partial charge in [-0.3, -0.25) is 14.3 Å². The predicted octanol–water partition coefficient (Wildman–Crippen LogP) is 1.03. The van der Waals surface area contributed by atoms with Crippen LogP contribution in [0.1, 0.15) is 39.7 Å². The molecule has 1 aliphatic carbocycles. The van der Waals surface area contributed by atoms with Gasteiger partial charge in [0.05, 0.1) is 12.1 Å². The van der Waals surface area contributed by atoms with Crippen LogP contribution >= 0.6 is 0 Å². The minimum Gasteiger partial charge on any atom is -0.344 e. The molecular weight excluding hydrogens is 260 g/mol. The topological polar surface area (TPSA) is 73.3 Å². The monoisotopic (exact) mass is 280 g/mol. The Balaban J connectivity index is 1.98. The van der Waals surface area contributed by atoms with E-state index in [1.807, 2.05) is 13.8 Å². The van der Waals surface area contributed by atoms with Crippen LogP contribution in [0.2, 0.25) is 0 Å². The number of ether oxygens (including phenoxy) is 2. The summed E-state index contributed by atoms with van der Waals surface area (Å²) >= 11 is 0. The van der Waals surface area contributed by atoms with Crippen molar-refractivity contribution in [2.45, 2.75) is 57.6 Å². The van der Waals surface area contributed by atoms with E-state index >= 15 is 0 Å². The Morgan fingerprint density at radius 3 is 2.70 bits per heavy atom. The average Bonchev–Trinajstić information content (AvgIpc) is 2.83. The van der Waals surface area contributed by atoms with Crippen molar-refractivity contribution >= 4 is 0 Å². The molecule has 20 heavy (non-hydrogen) atoms. The van der Waals surface area contributed by atoms with E-state index in [0.717, 1.165) is 12.8 Å². The molecule has 0 bridgehead atoms. The van der Waals surface area contributed by atoms with Crippen LogP contribution in [-0.4, -0.2) is 27.5 Å². The standard InChI is InChI=1S/C14H20N2O4/c1-4-8-7-9(12-11(8)19-14(2,3)20-12)16-6-5-10(17)15-13(16)18/h5-6,8-9,11-12H,4,7H2,1-3H3,(H,15,17,18)/t8-,9+,11-,12?/m0/s1. The Morgan fingerprint density at radius 1 is 1.35 bits per heavy atom. The summed E-state index contributed by atoms with van der Waals surface area (Å²) in [5.74, 6) is -0.252. The first-order chi connectivity index (χ1) is 9.41. The van der Waals surface area contributed by atoms with Crippen molar-refractivity contribution in [1.29, 1.82) is 0 Å². The van der Waals surface area contributed by atoms with Gasteiger partial charge in [0.2, 0.25) is 0 Å². The number of aromatic amines is 1. The maximum atomic E-state index is 12.0. The minimum absolute atomic E-state index is 0.0128. The van der Waals surface area contributed by atoms with Crippen molar-refractivity contribution in [2.24, 2.45) is 5.92 Å². The molecule has 1 aromatic rings. The summed E-state index contributed by atoms with van der Waals surface area (Å²) in [7, 11) is 0. The Hall–Kier alpha value is -1.40. The van der Waals surface area contributed by atoms with Crippen molar-refractivity contribution in [3.05, 3.63) is 33.1 Å². The molecule has 1 N–H and O–H groups in total. The highest BCUT2D eigenvalue weighted by molar-refractivity contribution is 5.02. The Bertz CT molecular complexity index is 618. The van der Waals surface area contributed by atoms with E-state index in [-0.39, 0.29) is 29.5 Å². The molecule has 3 rings (SSSR count). The lowest BCUT2D eigenvalue weighted by Crippen LogP contribution is -2.36. The summed E-state index contributed by atoms with van der Waals surface area (Å²) in [5, 5.41) is 0.